The molecule has 1 aromatic heterocycles. The SMILES string of the molecule is c1nc(NCc2ccc3c(c2)OCO3)cc(N2CCOCC2)n1. The summed E-state index contributed by atoms with van der Waals surface area (Å²) in [6.45, 7) is 4.16. The van der Waals surface area contributed by atoms with Crippen LogP contribution in [0.15, 0.2) is 30.6 Å². The standard InChI is InChI=1S/C16H18N4O3/c1-2-13-14(23-11-22-13)7-12(1)9-17-15-8-16(19-10-18-15)20-3-5-21-6-4-20/h1-2,7-8,10H,3-6,9,11H2,(H,17,18,19). The Bertz CT molecular complexity index is 689. The van der Waals surface area contributed by atoms with Crippen LogP contribution in [0, 0.1) is 0 Å². The molecular weight excluding hydrogens is 296 g/mol. The predicted molar refractivity (Wildman–Crippen MR) is 85.0 cm³/mol. The zero-order valence-corrected chi connectivity index (χ0v) is 12.7. The molecule has 7 heteroatoms. The number of ether oxygens (including phenoxy) is 3. The monoisotopic (exact) mass is 314 g/mol. The van der Waals surface area contributed by atoms with Gasteiger partial charge >= 0.3 is 0 Å². The molecule has 2 aromatic rings. The van der Waals surface area contributed by atoms with Crippen molar-refractivity contribution in [1.29, 1.82) is 0 Å². The molecular formula is C16H18N4O3. The third-order valence-electron chi connectivity index (χ3n) is 3.90. The number of nitrogens with one attached hydrogen (secondary N) is 1. The molecule has 3 heterocycles. The van der Waals surface area contributed by atoms with E-state index in [0.717, 1.165) is 55.0 Å². The van der Waals surface area contributed by atoms with Crippen molar-refractivity contribution in [3.8, 4) is 11.5 Å². The molecule has 1 fully saturated rings. The molecule has 4 rings (SSSR count). The average molecular weight is 314 g/mol. The molecule has 0 saturated carbocycles. The number of morpholine rings is 1. The number of nitrogens with zero attached hydrogens (tertiary/aromatic N) is 3. The van der Waals surface area contributed by atoms with Crippen LogP contribution in [0.4, 0.5) is 11.6 Å². The zero-order chi connectivity index (χ0) is 15.5. The van der Waals surface area contributed by atoms with Crippen molar-refractivity contribution >= 4 is 11.6 Å². The van der Waals surface area contributed by atoms with Crippen LogP contribution in [0.5, 0.6) is 11.5 Å². The van der Waals surface area contributed by atoms with E-state index in [-0.39, 0.29) is 0 Å². The van der Waals surface area contributed by atoms with Gasteiger partial charge in [0, 0.05) is 25.7 Å². The van der Waals surface area contributed by atoms with Gasteiger partial charge in [-0.25, -0.2) is 9.97 Å². The largest absolute Gasteiger partial charge is 0.454 e. The Morgan fingerprint density at radius 3 is 2.83 bits per heavy atom. The molecule has 1 aromatic carbocycles. The average Bonchev–Trinajstić information content (AvgIpc) is 3.09. The maximum absolute atomic E-state index is 5.40. The van der Waals surface area contributed by atoms with Gasteiger partial charge in [-0.3, -0.25) is 0 Å². The molecule has 0 radical (unpaired) electrons. The molecule has 7 nitrogen and oxygen atoms in total. The van der Waals surface area contributed by atoms with Crippen LogP contribution in [-0.4, -0.2) is 43.1 Å². The molecule has 23 heavy (non-hydrogen) atoms. The van der Waals surface area contributed by atoms with Crippen molar-refractivity contribution < 1.29 is 14.2 Å². The van der Waals surface area contributed by atoms with Gasteiger partial charge in [-0.15, -0.1) is 0 Å². The fourth-order valence-corrected chi connectivity index (χ4v) is 2.65. The highest BCUT2D eigenvalue weighted by Crippen LogP contribution is 2.32. The second-order valence-corrected chi connectivity index (χ2v) is 5.40. The van der Waals surface area contributed by atoms with E-state index in [1.54, 1.807) is 6.33 Å². The minimum Gasteiger partial charge on any atom is -0.454 e. The van der Waals surface area contributed by atoms with Crippen LogP contribution in [0.3, 0.4) is 0 Å². The van der Waals surface area contributed by atoms with Gasteiger partial charge in [0.15, 0.2) is 11.5 Å². The normalized spacial score (nSPS) is 16.4. The summed E-state index contributed by atoms with van der Waals surface area (Å²) in [6, 6.07) is 7.90. The first-order valence-electron chi connectivity index (χ1n) is 7.66. The van der Waals surface area contributed by atoms with Crippen molar-refractivity contribution in [2.45, 2.75) is 6.54 Å². The van der Waals surface area contributed by atoms with E-state index in [0.29, 0.717) is 13.3 Å². The molecule has 1 N–H and O–H groups in total. The van der Waals surface area contributed by atoms with Gasteiger partial charge in [-0.1, -0.05) is 6.07 Å². The van der Waals surface area contributed by atoms with Gasteiger partial charge in [0.2, 0.25) is 6.79 Å². The molecule has 0 spiro atoms. The van der Waals surface area contributed by atoms with Crippen molar-refractivity contribution in [2.75, 3.05) is 43.3 Å². The quantitative estimate of drug-likeness (QED) is 0.920. The molecule has 2 aliphatic rings. The van der Waals surface area contributed by atoms with Crippen molar-refractivity contribution in [3.05, 3.63) is 36.2 Å². The van der Waals surface area contributed by atoms with Crippen LogP contribution in [0.25, 0.3) is 0 Å². The molecule has 1 saturated heterocycles. The van der Waals surface area contributed by atoms with E-state index in [2.05, 4.69) is 20.2 Å². The highest BCUT2D eigenvalue weighted by molar-refractivity contribution is 5.50. The van der Waals surface area contributed by atoms with Gasteiger partial charge in [-0.05, 0) is 17.7 Å². The fourth-order valence-electron chi connectivity index (χ4n) is 2.65. The van der Waals surface area contributed by atoms with Crippen LogP contribution < -0.4 is 19.7 Å². The topological polar surface area (TPSA) is 68.7 Å². The van der Waals surface area contributed by atoms with Crippen LogP contribution >= 0.6 is 0 Å². The minimum absolute atomic E-state index is 0.293. The summed E-state index contributed by atoms with van der Waals surface area (Å²) in [4.78, 5) is 10.8. The van der Waals surface area contributed by atoms with Crippen molar-refractivity contribution in [3.63, 3.8) is 0 Å². The van der Waals surface area contributed by atoms with E-state index in [9.17, 15) is 0 Å². The number of benzene rings is 1. The lowest BCUT2D eigenvalue weighted by Gasteiger charge is -2.27. The summed E-state index contributed by atoms with van der Waals surface area (Å²) in [5, 5.41) is 3.33. The smallest absolute Gasteiger partial charge is 0.231 e. The molecule has 0 aliphatic carbocycles. The fraction of sp³-hybridized carbons (Fsp3) is 0.375. The summed E-state index contributed by atoms with van der Waals surface area (Å²) in [5.74, 6) is 3.32. The number of rotatable bonds is 4. The Labute approximate surface area is 134 Å². The van der Waals surface area contributed by atoms with Gasteiger partial charge in [0.1, 0.15) is 18.0 Å². The lowest BCUT2D eigenvalue weighted by molar-refractivity contribution is 0.122. The van der Waals surface area contributed by atoms with Crippen molar-refractivity contribution in [2.24, 2.45) is 0 Å². The zero-order valence-electron chi connectivity index (χ0n) is 12.7. The van der Waals surface area contributed by atoms with Gasteiger partial charge in [-0.2, -0.15) is 0 Å². The number of fused-ring (bicyclic) bond motifs is 1. The Balaban J connectivity index is 1.42. The number of aromatic nitrogens is 2. The molecule has 2 aliphatic heterocycles. The van der Waals surface area contributed by atoms with E-state index in [1.807, 2.05) is 24.3 Å². The third kappa shape index (κ3) is 3.14. The number of hydrogen-bond donors (Lipinski definition) is 1. The Morgan fingerprint density at radius 2 is 1.91 bits per heavy atom. The molecule has 0 amide bonds. The Kier molecular flexibility index (Phi) is 3.85. The summed E-state index contributed by atoms with van der Waals surface area (Å²) in [5.41, 5.74) is 1.11. The summed E-state index contributed by atoms with van der Waals surface area (Å²) < 4.78 is 16.1. The van der Waals surface area contributed by atoms with Crippen LogP contribution in [0.1, 0.15) is 5.56 Å². The highest BCUT2D eigenvalue weighted by atomic mass is 16.7. The number of anilines is 2. The maximum Gasteiger partial charge on any atom is 0.231 e. The third-order valence-corrected chi connectivity index (χ3v) is 3.90. The van der Waals surface area contributed by atoms with E-state index >= 15 is 0 Å². The molecule has 0 unspecified atom stereocenters. The Hall–Kier alpha value is -2.54. The van der Waals surface area contributed by atoms with Crippen LogP contribution in [0.2, 0.25) is 0 Å². The van der Waals surface area contributed by atoms with E-state index in [4.69, 9.17) is 14.2 Å². The molecule has 120 valence electrons. The van der Waals surface area contributed by atoms with Crippen molar-refractivity contribution in [1.82, 2.24) is 9.97 Å². The Morgan fingerprint density at radius 1 is 1.04 bits per heavy atom. The summed E-state index contributed by atoms with van der Waals surface area (Å²) in [6.07, 6.45) is 1.59. The first-order valence-corrected chi connectivity index (χ1v) is 7.66. The summed E-state index contributed by atoms with van der Waals surface area (Å²) >= 11 is 0. The first kappa shape index (κ1) is 14.1. The van der Waals surface area contributed by atoms with E-state index in [1.165, 1.54) is 0 Å². The highest BCUT2D eigenvalue weighted by Gasteiger charge is 2.14. The van der Waals surface area contributed by atoms with E-state index < -0.39 is 0 Å². The van der Waals surface area contributed by atoms with Gasteiger partial charge in [0.25, 0.3) is 0 Å². The molecule has 0 atom stereocenters. The maximum atomic E-state index is 5.40. The second kappa shape index (κ2) is 6.29. The molecule has 0 bridgehead atoms. The van der Waals surface area contributed by atoms with Gasteiger partial charge in [0.05, 0.1) is 13.2 Å². The predicted octanol–water partition coefficient (Wildman–Crippen LogP) is 1.65. The number of hydrogen-bond acceptors (Lipinski definition) is 7. The summed E-state index contributed by atoms with van der Waals surface area (Å²) in [7, 11) is 0. The lowest BCUT2D eigenvalue weighted by Crippen LogP contribution is -2.36. The van der Waals surface area contributed by atoms with Gasteiger partial charge < -0.3 is 24.4 Å². The lowest BCUT2D eigenvalue weighted by atomic mass is 10.2. The second-order valence-electron chi connectivity index (χ2n) is 5.40. The van der Waals surface area contributed by atoms with Crippen LogP contribution in [-0.2, 0) is 11.3 Å². The first-order chi connectivity index (χ1) is 11.4. The minimum atomic E-state index is 0.293.